The lowest BCUT2D eigenvalue weighted by molar-refractivity contribution is 0.343. The molecule has 0 bridgehead atoms. The van der Waals surface area contributed by atoms with Gasteiger partial charge in [0, 0.05) is 23.2 Å². The molecule has 15 heavy (non-hydrogen) atoms. The zero-order chi connectivity index (χ0) is 11.7. The van der Waals surface area contributed by atoms with E-state index in [9.17, 15) is 4.57 Å². The molecule has 1 N–H and O–H groups in total. The van der Waals surface area contributed by atoms with Gasteiger partial charge in [0.2, 0.25) is 0 Å². The van der Waals surface area contributed by atoms with Gasteiger partial charge >= 0.3 is 6.72 Å². The number of hydrogen-bond donors (Lipinski definition) is 1. The summed E-state index contributed by atoms with van der Waals surface area (Å²) in [5.74, 6) is 1.53. The molecule has 0 aliphatic carbocycles. The minimum Gasteiger partial charge on any atom is -0.306 e. The standard InChI is InChI=1S/C8H19N2O2PS2/c1-5-12-13(11,10-7-9-4)15-14-6-8(2)3/h7-8H,5-6H2,1-4H3,(H,9,10,11). The van der Waals surface area contributed by atoms with Crippen LogP contribution in [-0.4, -0.2) is 25.7 Å². The minimum absolute atomic E-state index is 0.428. The lowest BCUT2D eigenvalue weighted by Gasteiger charge is -2.15. The second-order valence-corrected chi connectivity index (χ2v) is 9.35. The molecule has 0 amide bonds. The highest BCUT2D eigenvalue weighted by atomic mass is 33.3. The smallest absolute Gasteiger partial charge is 0.306 e. The molecule has 0 aliphatic heterocycles. The van der Waals surface area contributed by atoms with Crippen LogP contribution in [0.25, 0.3) is 0 Å². The van der Waals surface area contributed by atoms with Crippen LogP contribution in [0.3, 0.4) is 0 Å². The van der Waals surface area contributed by atoms with Gasteiger partial charge in [-0.05, 0) is 12.8 Å². The van der Waals surface area contributed by atoms with Gasteiger partial charge in [-0.25, -0.2) is 0 Å². The Labute approximate surface area is 99.7 Å². The fraction of sp³-hybridized carbons (Fsp3) is 0.875. The van der Waals surface area contributed by atoms with E-state index in [4.69, 9.17) is 4.52 Å². The molecule has 1 unspecified atom stereocenters. The van der Waals surface area contributed by atoms with Gasteiger partial charge in [0.05, 0.1) is 12.9 Å². The summed E-state index contributed by atoms with van der Waals surface area (Å²) in [6, 6.07) is 0. The Kier molecular flexibility index (Phi) is 8.71. The molecular formula is C8H19N2O2PS2. The highest BCUT2D eigenvalue weighted by molar-refractivity contribution is 8.99. The summed E-state index contributed by atoms with van der Waals surface area (Å²) in [7, 11) is 4.45. The summed E-state index contributed by atoms with van der Waals surface area (Å²) in [5, 5.41) is 2.70. The molecule has 90 valence electrons. The molecule has 0 saturated heterocycles. The average molecular weight is 270 g/mol. The summed E-state index contributed by atoms with van der Waals surface area (Å²) in [5.41, 5.74) is 0. The zero-order valence-corrected chi connectivity index (χ0v) is 12.1. The van der Waals surface area contributed by atoms with Crippen LogP contribution in [0.15, 0.2) is 4.99 Å². The fourth-order valence-corrected chi connectivity index (χ4v) is 6.55. The van der Waals surface area contributed by atoms with Crippen molar-refractivity contribution in [3.05, 3.63) is 0 Å². The summed E-state index contributed by atoms with van der Waals surface area (Å²) in [6.45, 7) is 3.69. The Balaban J connectivity index is 4.06. The van der Waals surface area contributed by atoms with E-state index >= 15 is 0 Å². The van der Waals surface area contributed by atoms with E-state index in [1.165, 1.54) is 16.8 Å². The molecular weight excluding hydrogens is 251 g/mol. The van der Waals surface area contributed by atoms with E-state index in [1.807, 2.05) is 6.92 Å². The molecule has 0 fully saturated rings. The average Bonchev–Trinajstić information content (AvgIpc) is 2.15. The van der Waals surface area contributed by atoms with Crippen molar-refractivity contribution >= 4 is 34.3 Å². The third kappa shape index (κ3) is 8.20. The third-order valence-corrected chi connectivity index (χ3v) is 7.99. The number of rotatable bonds is 8. The highest BCUT2D eigenvalue weighted by Gasteiger charge is 2.22. The second kappa shape index (κ2) is 8.50. The molecule has 1 atom stereocenters. The second-order valence-electron chi connectivity index (χ2n) is 3.18. The topological polar surface area (TPSA) is 50.7 Å². The fourth-order valence-electron chi connectivity index (χ4n) is 0.615. The van der Waals surface area contributed by atoms with Gasteiger partial charge in [0.1, 0.15) is 0 Å². The van der Waals surface area contributed by atoms with Crippen LogP contribution >= 0.6 is 27.9 Å². The summed E-state index contributed by atoms with van der Waals surface area (Å²) < 4.78 is 17.3. The molecule has 0 aromatic rings. The van der Waals surface area contributed by atoms with Crippen LogP contribution in [-0.2, 0) is 9.09 Å². The summed E-state index contributed by atoms with van der Waals surface area (Å²) in [6.07, 6.45) is 1.42. The first kappa shape index (κ1) is 15.4. The van der Waals surface area contributed by atoms with Crippen molar-refractivity contribution < 1.29 is 9.09 Å². The lowest BCUT2D eigenvalue weighted by atomic mass is 10.3. The van der Waals surface area contributed by atoms with E-state index in [1.54, 1.807) is 17.8 Å². The van der Waals surface area contributed by atoms with Crippen LogP contribution in [0.2, 0.25) is 0 Å². The number of nitrogens with one attached hydrogen (secondary N) is 1. The number of nitrogens with zero attached hydrogens (tertiary/aromatic N) is 1. The van der Waals surface area contributed by atoms with Crippen LogP contribution in [0, 0.1) is 5.92 Å². The Bertz CT molecular complexity index is 237. The maximum Gasteiger partial charge on any atom is 0.362 e. The number of aliphatic imine (C=N–C) groups is 1. The van der Waals surface area contributed by atoms with Crippen molar-refractivity contribution in [1.82, 2.24) is 5.09 Å². The van der Waals surface area contributed by atoms with Crippen molar-refractivity contribution in [3.8, 4) is 0 Å². The molecule has 0 radical (unpaired) electrons. The predicted molar refractivity (Wildman–Crippen MR) is 71.7 cm³/mol. The Hall–Kier alpha value is 0.360. The van der Waals surface area contributed by atoms with Gasteiger partial charge in [-0.1, -0.05) is 24.6 Å². The van der Waals surface area contributed by atoms with Gasteiger partial charge in [0.25, 0.3) is 0 Å². The Morgan fingerprint density at radius 3 is 2.73 bits per heavy atom. The van der Waals surface area contributed by atoms with Gasteiger partial charge in [-0.2, -0.15) is 0 Å². The van der Waals surface area contributed by atoms with Crippen LogP contribution in [0.4, 0.5) is 0 Å². The van der Waals surface area contributed by atoms with Crippen molar-refractivity contribution in [3.63, 3.8) is 0 Å². The first-order valence-corrected chi connectivity index (χ1v) is 9.33. The lowest BCUT2D eigenvalue weighted by Crippen LogP contribution is -2.07. The molecule has 0 spiro atoms. The highest BCUT2D eigenvalue weighted by Crippen LogP contribution is 2.61. The van der Waals surface area contributed by atoms with E-state index in [-0.39, 0.29) is 0 Å². The SMILES string of the molecule is CCOP(=O)(NC=NC)SSCC(C)C. The van der Waals surface area contributed by atoms with E-state index < -0.39 is 6.72 Å². The molecule has 0 aliphatic rings. The first-order chi connectivity index (χ1) is 7.04. The van der Waals surface area contributed by atoms with Crippen LogP contribution < -0.4 is 5.09 Å². The summed E-state index contributed by atoms with van der Waals surface area (Å²) in [4.78, 5) is 3.74. The summed E-state index contributed by atoms with van der Waals surface area (Å²) >= 11 is 0. The molecule has 7 heteroatoms. The van der Waals surface area contributed by atoms with E-state index in [0.29, 0.717) is 12.5 Å². The quantitative estimate of drug-likeness (QED) is 0.317. The van der Waals surface area contributed by atoms with Crippen molar-refractivity contribution in [2.45, 2.75) is 20.8 Å². The molecule has 0 aromatic heterocycles. The zero-order valence-electron chi connectivity index (χ0n) is 9.60. The third-order valence-electron chi connectivity index (χ3n) is 1.20. The maximum atomic E-state index is 12.1. The molecule has 0 heterocycles. The number of hydrogen-bond acceptors (Lipinski definition) is 5. The molecule has 0 saturated carbocycles. The first-order valence-electron chi connectivity index (χ1n) is 4.78. The van der Waals surface area contributed by atoms with Gasteiger partial charge in [-0.15, -0.1) is 0 Å². The molecule has 0 rings (SSSR count). The van der Waals surface area contributed by atoms with Crippen molar-refractivity contribution in [2.75, 3.05) is 19.4 Å². The van der Waals surface area contributed by atoms with E-state index in [2.05, 4.69) is 23.9 Å². The van der Waals surface area contributed by atoms with E-state index in [0.717, 1.165) is 5.75 Å². The normalized spacial score (nSPS) is 15.8. The Morgan fingerprint density at radius 2 is 2.27 bits per heavy atom. The van der Waals surface area contributed by atoms with Crippen LogP contribution in [0.1, 0.15) is 20.8 Å². The maximum absolute atomic E-state index is 12.1. The Morgan fingerprint density at radius 1 is 1.60 bits per heavy atom. The van der Waals surface area contributed by atoms with Gasteiger partial charge < -0.3 is 4.52 Å². The van der Waals surface area contributed by atoms with Crippen LogP contribution in [0.5, 0.6) is 0 Å². The van der Waals surface area contributed by atoms with Crippen molar-refractivity contribution in [2.24, 2.45) is 10.9 Å². The monoisotopic (exact) mass is 270 g/mol. The molecule has 4 nitrogen and oxygen atoms in total. The predicted octanol–water partition coefficient (Wildman–Crippen LogP) is 3.42. The largest absolute Gasteiger partial charge is 0.362 e. The minimum atomic E-state index is -2.81. The van der Waals surface area contributed by atoms with Gasteiger partial charge in [0.15, 0.2) is 0 Å². The van der Waals surface area contributed by atoms with Gasteiger partial charge in [-0.3, -0.25) is 14.6 Å². The van der Waals surface area contributed by atoms with Crippen molar-refractivity contribution in [1.29, 1.82) is 0 Å². The molecule has 0 aromatic carbocycles.